The summed E-state index contributed by atoms with van der Waals surface area (Å²) in [6.45, 7) is 1.44. The van der Waals surface area contributed by atoms with Gasteiger partial charge >= 0.3 is 0 Å². The minimum atomic E-state index is -0.160. The third-order valence-corrected chi connectivity index (χ3v) is 4.07. The van der Waals surface area contributed by atoms with Gasteiger partial charge in [-0.1, -0.05) is 6.07 Å². The zero-order valence-electron chi connectivity index (χ0n) is 10.1. The number of Topliss-reactive ketones (excluding diaryl/α,β-unsaturated/α-hetero) is 1. The Bertz CT molecular complexity index is 651. The Labute approximate surface area is 109 Å². The fourth-order valence-corrected chi connectivity index (χ4v) is 2.89. The van der Waals surface area contributed by atoms with Gasteiger partial charge in [0.15, 0.2) is 5.78 Å². The summed E-state index contributed by atoms with van der Waals surface area (Å²) in [7, 11) is 0. The molecule has 2 aromatic heterocycles. The van der Waals surface area contributed by atoms with Crippen molar-refractivity contribution in [3.63, 3.8) is 0 Å². The molecule has 3 rings (SSSR count). The van der Waals surface area contributed by atoms with E-state index in [0.717, 1.165) is 23.4 Å². The first-order valence-corrected chi connectivity index (χ1v) is 6.87. The van der Waals surface area contributed by atoms with Gasteiger partial charge in [0.2, 0.25) is 0 Å². The fraction of sp³-hybridized carbons (Fsp3) is 0.286. The Balaban J connectivity index is 2.24. The maximum Gasteiger partial charge on any atom is 0.262 e. The van der Waals surface area contributed by atoms with Crippen LogP contribution in [0.25, 0.3) is 10.6 Å². The van der Waals surface area contributed by atoms with E-state index in [1.54, 1.807) is 22.0 Å². The summed E-state index contributed by atoms with van der Waals surface area (Å²) < 4.78 is 1.79. The number of carbonyl (C=O) groups is 1. The molecule has 1 aliphatic rings. The molecule has 0 amide bonds. The molecule has 2 aromatic rings. The Hall–Kier alpha value is -1.68. The van der Waals surface area contributed by atoms with Gasteiger partial charge < -0.3 is 4.57 Å². The quantitative estimate of drug-likeness (QED) is 0.794. The summed E-state index contributed by atoms with van der Waals surface area (Å²) in [6, 6.07) is 7.79. The Kier molecular flexibility index (Phi) is 2.67. The number of aromatic nitrogens is 1. The zero-order chi connectivity index (χ0) is 12.7. The molecule has 18 heavy (non-hydrogen) atoms. The standard InChI is InChI=1S/C14H13NO2S/c1-9(16)11-6-7-12(13-3-2-8-18-13)15(14(11)17)10-4-5-10/h2-3,6-8,10H,4-5H2,1H3. The van der Waals surface area contributed by atoms with Gasteiger partial charge in [-0.15, -0.1) is 11.3 Å². The summed E-state index contributed by atoms with van der Waals surface area (Å²) in [5.41, 5.74) is 1.08. The monoisotopic (exact) mass is 259 g/mol. The van der Waals surface area contributed by atoms with Gasteiger partial charge in [-0.25, -0.2) is 0 Å². The molecule has 0 bridgehead atoms. The molecule has 1 fully saturated rings. The summed E-state index contributed by atoms with van der Waals surface area (Å²) in [5, 5.41) is 2.00. The second kappa shape index (κ2) is 4.21. The first-order valence-electron chi connectivity index (χ1n) is 5.99. The van der Waals surface area contributed by atoms with E-state index in [1.807, 2.05) is 23.6 Å². The van der Waals surface area contributed by atoms with Crippen LogP contribution in [0, 0.1) is 0 Å². The highest BCUT2D eigenvalue weighted by atomic mass is 32.1. The van der Waals surface area contributed by atoms with E-state index in [4.69, 9.17) is 0 Å². The van der Waals surface area contributed by atoms with Crippen molar-refractivity contribution in [1.29, 1.82) is 0 Å². The van der Waals surface area contributed by atoms with Crippen molar-refractivity contribution >= 4 is 17.1 Å². The average molecular weight is 259 g/mol. The number of hydrogen-bond donors (Lipinski definition) is 0. The number of carbonyl (C=O) groups excluding carboxylic acids is 1. The van der Waals surface area contributed by atoms with Crippen LogP contribution >= 0.6 is 11.3 Å². The molecule has 0 radical (unpaired) electrons. The van der Waals surface area contributed by atoms with E-state index in [0.29, 0.717) is 5.56 Å². The molecule has 0 spiro atoms. The minimum absolute atomic E-state index is 0.143. The summed E-state index contributed by atoms with van der Waals surface area (Å²) >= 11 is 1.61. The van der Waals surface area contributed by atoms with Gasteiger partial charge in [-0.05, 0) is 43.3 Å². The van der Waals surface area contributed by atoms with Crippen LogP contribution in [0.3, 0.4) is 0 Å². The maximum absolute atomic E-state index is 12.4. The third kappa shape index (κ3) is 1.82. The van der Waals surface area contributed by atoms with Crippen LogP contribution in [0.1, 0.15) is 36.2 Å². The highest BCUT2D eigenvalue weighted by Gasteiger charge is 2.28. The van der Waals surface area contributed by atoms with E-state index in [9.17, 15) is 9.59 Å². The van der Waals surface area contributed by atoms with Gasteiger partial charge in [-0.3, -0.25) is 9.59 Å². The molecule has 2 heterocycles. The first-order chi connectivity index (χ1) is 8.68. The molecule has 4 heteroatoms. The average Bonchev–Trinajstić information content (AvgIpc) is 3.03. The molecule has 0 unspecified atom stereocenters. The molecular weight excluding hydrogens is 246 g/mol. The zero-order valence-corrected chi connectivity index (χ0v) is 10.9. The summed E-state index contributed by atoms with van der Waals surface area (Å²) in [4.78, 5) is 24.9. The lowest BCUT2D eigenvalue weighted by atomic mass is 10.1. The second-order valence-electron chi connectivity index (χ2n) is 4.57. The molecule has 1 aliphatic carbocycles. The third-order valence-electron chi connectivity index (χ3n) is 3.18. The molecular formula is C14H13NO2S. The number of nitrogens with zero attached hydrogens (tertiary/aromatic N) is 1. The molecule has 0 aliphatic heterocycles. The van der Waals surface area contributed by atoms with E-state index in [2.05, 4.69) is 0 Å². The molecule has 0 saturated heterocycles. The summed E-state index contributed by atoms with van der Waals surface area (Å²) in [6.07, 6.45) is 2.05. The van der Waals surface area contributed by atoms with Crippen LogP contribution in [-0.2, 0) is 0 Å². The van der Waals surface area contributed by atoms with Crippen molar-refractivity contribution in [3.05, 3.63) is 45.6 Å². The van der Waals surface area contributed by atoms with Gasteiger partial charge in [-0.2, -0.15) is 0 Å². The van der Waals surface area contributed by atoms with E-state index in [1.165, 1.54) is 6.92 Å². The van der Waals surface area contributed by atoms with Gasteiger partial charge in [0.1, 0.15) is 0 Å². The molecule has 92 valence electrons. The van der Waals surface area contributed by atoms with E-state index >= 15 is 0 Å². The molecule has 0 aromatic carbocycles. The topological polar surface area (TPSA) is 39.1 Å². The predicted molar refractivity (Wildman–Crippen MR) is 72.3 cm³/mol. The van der Waals surface area contributed by atoms with Crippen LogP contribution in [0.15, 0.2) is 34.4 Å². The molecule has 3 nitrogen and oxygen atoms in total. The number of hydrogen-bond acceptors (Lipinski definition) is 3. The largest absolute Gasteiger partial charge is 0.304 e. The van der Waals surface area contributed by atoms with E-state index in [-0.39, 0.29) is 17.4 Å². The van der Waals surface area contributed by atoms with Crippen molar-refractivity contribution in [3.8, 4) is 10.6 Å². The number of rotatable bonds is 3. The van der Waals surface area contributed by atoms with Crippen LogP contribution in [0.5, 0.6) is 0 Å². The highest BCUT2D eigenvalue weighted by molar-refractivity contribution is 7.13. The predicted octanol–water partition coefficient (Wildman–Crippen LogP) is 3.11. The SMILES string of the molecule is CC(=O)c1ccc(-c2cccs2)n(C2CC2)c1=O. The van der Waals surface area contributed by atoms with Crippen molar-refractivity contribution in [2.75, 3.05) is 0 Å². The lowest BCUT2D eigenvalue weighted by Gasteiger charge is -2.11. The van der Waals surface area contributed by atoms with Crippen molar-refractivity contribution in [1.82, 2.24) is 4.57 Å². The van der Waals surface area contributed by atoms with Crippen molar-refractivity contribution < 1.29 is 4.79 Å². The van der Waals surface area contributed by atoms with Gasteiger partial charge in [0.05, 0.1) is 16.1 Å². The number of pyridine rings is 1. The minimum Gasteiger partial charge on any atom is -0.304 e. The lowest BCUT2D eigenvalue weighted by Crippen LogP contribution is -2.25. The summed E-state index contributed by atoms with van der Waals surface area (Å²) in [5.74, 6) is -0.160. The Morgan fingerprint density at radius 1 is 1.33 bits per heavy atom. The second-order valence-corrected chi connectivity index (χ2v) is 5.52. The smallest absolute Gasteiger partial charge is 0.262 e. The Morgan fingerprint density at radius 2 is 2.11 bits per heavy atom. The molecule has 1 saturated carbocycles. The normalized spacial score (nSPS) is 14.7. The van der Waals surface area contributed by atoms with E-state index < -0.39 is 0 Å². The number of thiophene rings is 1. The first kappa shape index (κ1) is 11.4. The lowest BCUT2D eigenvalue weighted by molar-refractivity contribution is 0.101. The van der Waals surface area contributed by atoms with Gasteiger partial charge in [0.25, 0.3) is 5.56 Å². The molecule has 0 N–H and O–H groups in total. The Morgan fingerprint density at radius 3 is 2.67 bits per heavy atom. The van der Waals surface area contributed by atoms with Crippen molar-refractivity contribution in [2.24, 2.45) is 0 Å². The van der Waals surface area contributed by atoms with Crippen molar-refractivity contribution in [2.45, 2.75) is 25.8 Å². The van der Waals surface area contributed by atoms with Crippen LogP contribution in [-0.4, -0.2) is 10.4 Å². The fourth-order valence-electron chi connectivity index (χ4n) is 2.14. The maximum atomic E-state index is 12.4. The molecule has 0 atom stereocenters. The van der Waals surface area contributed by atoms with Crippen LogP contribution in [0.4, 0.5) is 0 Å². The van der Waals surface area contributed by atoms with Crippen LogP contribution in [0.2, 0.25) is 0 Å². The number of ketones is 1. The van der Waals surface area contributed by atoms with Gasteiger partial charge in [0, 0.05) is 6.04 Å². The van der Waals surface area contributed by atoms with Crippen LogP contribution < -0.4 is 5.56 Å². The highest BCUT2D eigenvalue weighted by Crippen LogP contribution is 2.38.